The van der Waals surface area contributed by atoms with Crippen LogP contribution < -0.4 is 5.32 Å². The van der Waals surface area contributed by atoms with Crippen LogP contribution in [-0.2, 0) is 9.47 Å². The van der Waals surface area contributed by atoms with Crippen LogP contribution >= 0.6 is 0 Å². The van der Waals surface area contributed by atoms with Crippen LogP contribution in [0.25, 0.3) is 0 Å². The molecule has 1 saturated heterocycles. The Kier molecular flexibility index (Phi) is 6.98. The molecule has 0 radical (unpaired) electrons. The lowest BCUT2D eigenvalue weighted by atomic mass is 10.1. The SMILES string of the molecule is CNC(C)CCCCOCC1CCCO1. The van der Waals surface area contributed by atoms with Crippen molar-refractivity contribution in [2.45, 2.75) is 51.2 Å². The van der Waals surface area contributed by atoms with Crippen molar-refractivity contribution in [1.29, 1.82) is 0 Å². The van der Waals surface area contributed by atoms with Gasteiger partial charge in [0.25, 0.3) is 0 Å². The van der Waals surface area contributed by atoms with Crippen LogP contribution in [0.4, 0.5) is 0 Å². The van der Waals surface area contributed by atoms with E-state index in [9.17, 15) is 0 Å². The van der Waals surface area contributed by atoms with E-state index in [1.54, 1.807) is 0 Å². The third-order valence-corrected chi connectivity index (χ3v) is 3.00. The maximum atomic E-state index is 5.59. The highest BCUT2D eigenvalue weighted by molar-refractivity contribution is 4.63. The van der Waals surface area contributed by atoms with E-state index < -0.39 is 0 Å². The fourth-order valence-electron chi connectivity index (χ4n) is 1.79. The average molecular weight is 215 g/mol. The van der Waals surface area contributed by atoms with Gasteiger partial charge in [-0.25, -0.2) is 0 Å². The molecule has 3 nitrogen and oxygen atoms in total. The van der Waals surface area contributed by atoms with Gasteiger partial charge in [0.05, 0.1) is 12.7 Å². The molecule has 0 amide bonds. The van der Waals surface area contributed by atoms with Crippen LogP contribution in [-0.4, -0.2) is 39.0 Å². The molecule has 0 saturated carbocycles. The minimum Gasteiger partial charge on any atom is -0.379 e. The van der Waals surface area contributed by atoms with Crippen LogP contribution in [0.5, 0.6) is 0 Å². The van der Waals surface area contributed by atoms with E-state index in [1.807, 2.05) is 7.05 Å². The second-order valence-corrected chi connectivity index (χ2v) is 4.40. The summed E-state index contributed by atoms with van der Waals surface area (Å²) in [6.45, 7) is 4.82. The van der Waals surface area contributed by atoms with Crippen LogP contribution in [0, 0.1) is 0 Å². The second kappa shape index (κ2) is 8.08. The van der Waals surface area contributed by atoms with Gasteiger partial charge in [-0.2, -0.15) is 0 Å². The number of hydrogen-bond acceptors (Lipinski definition) is 3. The zero-order valence-electron chi connectivity index (χ0n) is 10.1. The number of ether oxygens (including phenoxy) is 2. The fraction of sp³-hybridized carbons (Fsp3) is 1.00. The predicted octanol–water partition coefficient (Wildman–Crippen LogP) is 1.96. The summed E-state index contributed by atoms with van der Waals surface area (Å²) >= 11 is 0. The first-order valence-electron chi connectivity index (χ1n) is 6.19. The zero-order valence-corrected chi connectivity index (χ0v) is 10.1. The third-order valence-electron chi connectivity index (χ3n) is 3.00. The second-order valence-electron chi connectivity index (χ2n) is 4.40. The van der Waals surface area contributed by atoms with Crippen molar-refractivity contribution in [2.75, 3.05) is 26.9 Å². The Hall–Kier alpha value is -0.120. The largest absolute Gasteiger partial charge is 0.379 e. The quantitative estimate of drug-likeness (QED) is 0.628. The highest BCUT2D eigenvalue weighted by Crippen LogP contribution is 2.12. The summed E-state index contributed by atoms with van der Waals surface area (Å²) in [4.78, 5) is 0. The van der Waals surface area contributed by atoms with Gasteiger partial charge in [0.1, 0.15) is 0 Å². The molecule has 1 N–H and O–H groups in total. The third kappa shape index (κ3) is 6.13. The fourth-order valence-corrected chi connectivity index (χ4v) is 1.79. The highest BCUT2D eigenvalue weighted by atomic mass is 16.5. The summed E-state index contributed by atoms with van der Waals surface area (Å²) in [6, 6.07) is 0.628. The summed E-state index contributed by atoms with van der Waals surface area (Å²) in [5.41, 5.74) is 0. The summed E-state index contributed by atoms with van der Waals surface area (Å²) in [5.74, 6) is 0. The molecule has 0 aliphatic carbocycles. The monoisotopic (exact) mass is 215 g/mol. The van der Waals surface area contributed by atoms with Crippen molar-refractivity contribution in [3.8, 4) is 0 Å². The molecule has 2 unspecified atom stereocenters. The van der Waals surface area contributed by atoms with Crippen molar-refractivity contribution < 1.29 is 9.47 Å². The van der Waals surface area contributed by atoms with Gasteiger partial charge in [0, 0.05) is 19.3 Å². The van der Waals surface area contributed by atoms with Crippen LogP contribution in [0.2, 0.25) is 0 Å². The molecule has 15 heavy (non-hydrogen) atoms. The molecular formula is C12H25NO2. The Balaban J connectivity index is 1.80. The smallest absolute Gasteiger partial charge is 0.0809 e. The Morgan fingerprint density at radius 2 is 2.33 bits per heavy atom. The molecule has 1 rings (SSSR count). The summed E-state index contributed by atoms with van der Waals surface area (Å²) < 4.78 is 11.1. The first-order valence-corrected chi connectivity index (χ1v) is 6.19. The van der Waals surface area contributed by atoms with Gasteiger partial charge in [0.15, 0.2) is 0 Å². The number of hydrogen-bond donors (Lipinski definition) is 1. The normalized spacial score (nSPS) is 23.2. The Bertz CT molecular complexity index is 147. The van der Waals surface area contributed by atoms with Crippen molar-refractivity contribution in [2.24, 2.45) is 0 Å². The Labute approximate surface area is 93.5 Å². The maximum Gasteiger partial charge on any atom is 0.0809 e. The van der Waals surface area contributed by atoms with Gasteiger partial charge in [-0.05, 0) is 46.1 Å². The molecular weight excluding hydrogens is 190 g/mol. The number of rotatable bonds is 8. The van der Waals surface area contributed by atoms with Crippen molar-refractivity contribution >= 4 is 0 Å². The molecule has 1 aliphatic rings. The molecule has 1 fully saturated rings. The highest BCUT2D eigenvalue weighted by Gasteiger charge is 2.14. The van der Waals surface area contributed by atoms with E-state index in [-0.39, 0.29) is 0 Å². The van der Waals surface area contributed by atoms with Crippen LogP contribution in [0.15, 0.2) is 0 Å². The number of unbranched alkanes of at least 4 members (excludes halogenated alkanes) is 1. The van der Waals surface area contributed by atoms with E-state index in [2.05, 4.69) is 12.2 Å². The molecule has 3 heteroatoms. The van der Waals surface area contributed by atoms with E-state index in [1.165, 1.54) is 32.1 Å². The molecule has 90 valence electrons. The van der Waals surface area contributed by atoms with Crippen molar-refractivity contribution in [3.05, 3.63) is 0 Å². The summed E-state index contributed by atoms with van der Waals surface area (Å²) in [5, 5.41) is 3.24. The summed E-state index contributed by atoms with van der Waals surface area (Å²) in [7, 11) is 2.01. The lowest BCUT2D eigenvalue weighted by molar-refractivity contribution is 0.0160. The molecule has 0 aromatic carbocycles. The van der Waals surface area contributed by atoms with Crippen LogP contribution in [0.3, 0.4) is 0 Å². The molecule has 0 aromatic rings. The first-order chi connectivity index (χ1) is 7.33. The molecule has 0 spiro atoms. The predicted molar refractivity (Wildman–Crippen MR) is 62.2 cm³/mol. The van der Waals surface area contributed by atoms with E-state index in [0.29, 0.717) is 12.1 Å². The van der Waals surface area contributed by atoms with Gasteiger partial charge in [0.2, 0.25) is 0 Å². The molecule has 2 atom stereocenters. The molecule has 1 heterocycles. The lowest BCUT2D eigenvalue weighted by Gasteiger charge is -2.11. The topological polar surface area (TPSA) is 30.5 Å². The lowest BCUT2D eigenvalue weighted by Crippen LogP contribution is -2.21. The Morgan fingerprint density at radius 3 is 3.00 bits per heavy atom. The van der Waals surface area contributed by atoms with Gasteiger partial charge < -0.3 is 14.8 Å². The van der Waals surface area contributed by atoms with E-state index in [4.69, 9.17) is 9.47 Å². The molecule has 1 aliphatic heterocycles. The Morgan fingerprint density at radius 1 is 1.47 bits per heavy atom. The molecule has 0 aromatic heterocycles. The maximum absolute atomic E-state index is 5.59. The number of nitrogens with one attached hydrogen (secondary N) is 1. The zero-order chi connectivity index (χ0) is 10.9. The van der Waals surface area contributed by atoms with Gasteiger partial charge in [-0.15, -0.1) is 0 Å². The minimum atomic E-state index is 0.376. The van der Waals surface area contributed by atoms with Gasteiger partial charge in [-0.1, -0.05) is 0 Å². The molecule has 0 bridgehead atoms. The van der Waals surface area contributed by atoms with E-state index in [0.717, 1.165) is 19.8 Å². The minimum absolute atomic E-state index is 0.376. The van der Waals surface area contributed by atoms with Gasteiger partial charge in [-0.3, -0.25) is 0 Å². The van der Waals surface area contributed by atoms with Crippen molar-refractivity contribution in [1.82, 2.24) is 5.32 Å². The standard InChI is InChI=1S/C12H25NO2/c1-11(13-2)6-3-4-8-14-10-12-7-5-9-15-12/h11-13H,3-10H2,1-2H3. The van der Waals surface area contributed by atoms with Crippen molar-refractivity contribution in [3.63, 3.8) is 0 Å². The first kappa shape index (κ1) is 12.9. The summed E-state index contributed by atoms with van der Waals surface area (Å²) in [6.07, 6.45) is 6.40. The van der Waals surface area contributed by atoms with Gasteiger partial charge >= 0.3 is 0 Å². The van der Waals surface area contributed by atoms with Crippen LogP contribution in [0.1, 0.15) is 39.0 Å². The average Bonchev–Trinajstić information content (AvgIpc) is 2.75. The van der Waals surface area contributed by atoms with E-state index >= 15 is 0 Å².